The van der Waals surface area contributed by atoms with Crippen LogP contribution in [0.15, 0.2) is 151 Å². The molecule has 12 aromatic rings. The summed E-state index contributed by atoms with van der Waals surface area (Å²) >= 11 is 11.8. The molecule has 4 aromatic carbocycles. The Morgan fingerprint density at radius 3 is 2.16 bits per heavy atom. The van der Waals surface area contributed by atoms with Crippen LogP contribution in [0.3, 0.4) is 0 Å². The van der Waals surface area contributed by atoms with Crippen molar-refractivity contribution in [3.63, 3.8) is 0 Å². The van der Waals surface area contributed by atoms with Crippen LogP contribution in [0, 0.1) is 20.8 Å². The van der Waals surface area contributed by atoms with Crippen molar-refractivity contribution in [1.82, 2.24) is 49.5 Å². The van der Waals surface area contributed by atoms with Crippen molar-refractivity contribution in [2.45, 2.75) is 77.2 Å². The number of anilines is 8. The summed E-state index contributed by atoms with van der Waals surface area (Å²) in [6.07, 6.45) is 13.7. The van der Waals surface area contributed by atoms with Gasteiger partial charge in [-0.05, 0) is 129 Å². The Hall–Kier alpha value is -9.28. The van der Waals surface area contributed by atoms with Gasteiger partial charge in [-0.2, -0.15) is 5.10 Å². The number of nitrogen functional groups attached to an aromatic ring is 1. The van der Waals surface area contributed by atoms with Crippen LogP contribution in [0.2, 0.25) is 5.02 Å². The molecular formula is C64H62ClN17O4S5. The van der Waals surface area contributed by atoms with Gasteiger partial charge in [-0.15, -0.1) is 22.7 Å². The maximum Gasteiger partial charge on any atom is 0.270 e. The van der Waals surface area contributed by atoms with E-state index < -0.39 is 15.9 Å². The number of pyridine rings is 1. The number of primary amides is 1. The maximum atomic E-state index is 12.2. The van der Waals surface area contributed by atoms with Gasteiger partial charge in [0, 0.05) is 78.2 Å². The number of imidazole rings is 1. The number of aromatic nitrogens is 10. The van der Waals surface area contributed by atoms with Crippen LogP contribution in [-0.4, -0.2) is 82.7 Å². The molecule has 8 heterocycles. The number of nitrogens with zero attached hydrogens (tertiary/aromatic N) is 10. The smallest absolute Gasteiger partial charge is 0.270 e. The summed E-state index contributed by atoms with van der Waals surface area (Å²) in [4.78, 5) is 63.7. The van der Waals surface area contributed by atoms with Crippen LogP contribution in [0.1, 0.15) is 87.3 Å². The van der Waals surface area contributed by atoms with Crippen molar-refractivity contribution in [3.8, 4) is 41.9 Å². The fraction of sp³-hybridized carbons (Fsp3) is 0.188. The molecule has 0 bridgehead atoms. The topological polar surface area (TPSA) is 309 Å². The number of hydrogen-bond acceptors (Lipinski definition) is 21. The molecule has 1 aliphatic carbocycles. The molecule has 27 heteroatoms. The average molecular weight is 1330 g/mol. The summed E-state index contributed by atoms with van der Waals surface area (Å²) in [5.74, 6) is 1.77. The van der Waals surface area contributed by atoms with Gasteiger partial charge in [-0.1, -0.05) is 96.0 Å². The van der Waals surface area contributed by atoms with Gasteiger partial charge in [-0.3, -0.25) is 9.59 Å². The quantitative estimate of drug-likeness (QED) is 0.0417. The predicted octanol–water partition coefficient (Wildman–Crippen LogP) is 14.4. The van der Waals surface area contributed by atoms with Crippen molar-refractivity contribution in [2.75, 3.05) is 33.6 Å². The Kier molecular flexibility index (Phi) is 19.4. The fourth-order valence-corrected chi connectivity index (χ4v) is 15.2. The van der Waals surface area contributed by atoms with E-state index in [1.807, 2.05) is 110 Å². The lowest BCUT2D eigenvalue weighted by Gasteiger charge is -2.23. The molecule has 0 radical (unpaired) electrons. The van der Waals surface area contributed by atoms with E-state index in [1.54, 1.807) is 41.9 Å². The Morgan fingerprint density at radius 1 is 0.747 bits per heavy atom. The summed E-state index contributed by atoms with van der Waals surface area (Å²) < 4.78 is 24.7. The summed E-state index contributed by atoms with van der Waals surface area (Å²) in [7, 11) is -1.76. The lowest BCUT2D eigenvalue weighted by atomic mass is 9.96. The molecule has 1 aliphatic rings. The molecule has 0 unspecified atom stereocenters. The molecule has 1 amide bonds. The average Bonchev–Trinajstić information content (AvgIpc) is 1.65. The molecular weight excluding hydrogens is 1270 g/mol. The second-order valence-electron chi connectivity index (χ2n) is 21.4. The maximum absolute atomic E-state index is 12.2. The van der Waals surface area contributed by atoms with E-state index in [2.05, 4.69) is 86.8 Å². The third-order valence-corrected chi connectivity index (χ3v) is 19.9. The lowest BCUT2D eigenvalue weighted by Crippen LogP contribution is -2.23. The standard InChI is InChI=1S/C22H26N6OS.C21H17ClN6S.C21H19N5O3S3/c1-13-10-14(2)12-16(11-13)26-22-24-9-8-17(27-22)20-28-18(19(23)29)21(30-20)25-15-6-4-3-5-7-15;1-13-17(16-5-3-4-12-28(16)26-13)21-25-20(18(29-21)19-23-10-11-24-19)27(2)15-8-6-14(22)7-9-15;1-12(27)17-16(11-13-5-3-2-4-6-13)30-20(25-17)18-19(22)26-21(31-18)24-14-7-9-15(10-8-14)32(23,28)29/h8-12,15,25H,3-7H2,1-2H3,(H2,23,29)(H,24,26,27);3-12H,1-2H3,(H,23,24);2-10H,11,22H2,1H3,(H,24,26)(H2,23,28,29). The summed E-state index contributed by atoms with van der Waals surface area (Å²) in [6, 6.07) is 38.0. The number of benzene rings is 4. The first-order valence-electron chi connectivity index (χ1n) is 28.7. The number of aryl methyl sites for hydroxylation is 3. The number of thiazole rings is 4. The molecule has 91 heavy (non-hydrogen) atoms. The zero-order valence-corrected chi connectivity index (χ0v) is 54.8. The summed E-state index contributed by atoms with van der Waals surface area (Å²) in [5.41, 5.74) is 22.1. The SMILES string of the molecule is CC(=O)c1nc(-c2sc(Nc3ccc(S(N)(=O)=O)cc3)nc2N)sc1Cc1ccccc1.Cc1cc(C)cc(Nc2nccc(-c3nc(C(N)=O)c(NC4CCCCC4)s3)n2)c1.Cc1nn2ccccc2c1-c1nc(N(C)c2ccc(Cl)cc2)c(-c2ncc[nH]2)s1. The Labute approximate surface area is 546 Å². The minimum Gasteiger partial charge on any atom is -0.382 e. The number of sulfonamides is 1. The van der Waals surface area contributed by atoms with Gasteiger partial charge >= 0.3 is 0 Å². The van der Waals surface area contributed by atoms with Gasteiger partial charge in [0.2, 0.25) is 16.0 Å². The second kappa shape index (κ2) is 27.9. The molecule has 21 nitrogen and oxygen atoms in total. The molecule has 464 valence electrons. The number of halogens is 1. The lowest BCUT2D eigenvalue weighted by molar-refractivity contribution is 0.0992. The van der Waals surface area contributed by atoms with E-state index in [4.69, 9.17) is 33.2 Å². The van der Waals surface area contributed by atoms with Crippen molar-refractivity contribution in [1.29, 1.82) is 0 Å². The zero-order valence-electron chi connectivity index (χ0n) is 49.9. The van der Waals surface area contributed by atoms with E-state index in [1.165, 1.54) is 72.3 Å². The van der Waals surface area contributed by atoms with Gasteiger partial charge in [0.15, 0.2) is 28.3 Å². The number of aromatic amines is 1. The highest BCUT2D eigenvalue weighted by atomic mass is 35.5. The molecule has 13 rings (SSSR count). The number of ketones is 1. The number of nitrogens with one attached hydrogen (secondary N) is 4. The number of fused-ring (bicyclic) bond motifs is 1. The highest BCUT2D eigenvalue weighted by Crippen LogP contribution is 2.44. The molecule has 0 atom stereocenters. The number of Topliss-reactive ketones (excluding diaryl/α,β-unsaturated/α-hetero) is 1. The number of carbonyl (C=O) groups excluding carboxylic acids is 2. The minimum atomic E-state index is -3.76. The van der Waals surface area contributed by atoms with Gasteiger partial charge in [0.1, 0.15) is 47.0 Å². The largest absolute Gasteiger partial charge is 0.382 e. The van der Waals surface area contributed by atoms with Crippen LogP contribution in [0.5, 0.6) is 0 Å². The molecule has 0 spiro atoms. The third kappa shape index (κ3) is 15.3. The number of hydrogen-bond donors (Lipinski definition) is 7. The van der Waals surface area contributed by atoms with Crippen molar-refractivity contribution >= 4 is 129 Å². The Morgan fingerprint density at radius 2 is 1.47 bits per heavy atom. The van der Waals surface area contributed by atoms with E-state index in [0.717, 1.165) is 89.1 Å². The number of nitrogens with two attached hydrogens (primary N) is 3. The minimum absolute atomic E-state index is 0.0212. The molecule has 0 saturated heterocycles. The molecule has 1 fully saturated rings. The number of primary sulfonamides is 1. The fourth-order valence-electron chi connectivity index (χ4n) is 10.2. The van der Waals surface area contributed by atoms with Crippen molar-refractivity contribution < 1.29 is 18.0 Å². The van der Waals surface area contributed by atoms with Crippen molar-refractivity contribution in [3.05, 3.63) is 190 Å². The first-order valence-corrected chi connectivity index (χ1v) is 33.9. The third-order valence-electron chi connectivity index (χ3n) is 14.5. The van der Waals surface area contributed by atoms with Gasteiger partial charge < -0.3 is 37.3 Å². The van der Waals surface area contributed by atoms with Crippen LogP contribution in [-0.2, 0) is 16.4 Å². The number of H-pyrrole nitrogens is 1. The Bertz CT molecular complexity index is 4640. The second-order valence-corrected chi connectivity index (χ2v) is 27.5. The predicted molar refractivity (Wildman–Crippen MR) is 367 cm³/mol. The van der Waals surface area contributed by atoms with E-state index in [-0.39, 0.29) is 16.4 Å². The van der Waals surface area contributed by atoms with E-state index >= 15 is 0 Å². The van der Waals surface area contributed by atoms with Gasteiger partial charge in [0.25, 0.3) is 5.91 Å². The highest BCUT2D eigenvalue weighted by molar-refractivity contribution is 7.89. The first-order chi connectivity index (χ1) is 43.8. The summed E-state index contributed by atoms with van der Waals surface area (Å²) in [6.45, 7) is 7.62. The van der Waals surface area contributed by atoms with Crippen LogP contribution in [0.25, 0.3) is 47.4 Å². The molecule has 1 saturated carbocycles. The monoisotopic (exact) mass is 1330 g/mol. The van der Waals surface area contributed by atoms with E-state index in [9.17, 15) is 18.0 Å². The normalized spacial score (nSPS) is 12.4. The van der Waals surface area contributed by atoms with Gasteiger partial charge in [0.05, 0.1) is 21.7 Å². The highest BCUT2D eigenvalue weighted by Gasteiger charge is 2.26. The van der Waals surface area contributed by atoms with E-state index in [0.29, 0.717) is 66.4 Å². The van der Waals surface area contributed by atoms with Gasteiger partial charge in [-0.25, -0.2) is 53.0 Å². The van der Waals surface area contributed by atoms with Crippen LogP contribution < -0.4 is 37.5 Å². The van der Waals surface area contributed by atoms with Crippen LogP contribution in [0.4, 0.5) is 44.8 Å². The molecule has 10 N–H and O–H groups in total. The summed E-state index contributed by atoms with van der Waals surface area (Å²) in [5, 5.41) is 23.7. The first kappa shape index (κ1) is 63.3. The number of rotatable bonds is 17. The van der Waals surface area contributed by atoms with Crippen LogP contribution >= 0.6 is 56.9 Å². The number of carbonyl (C=O) groups is 2. The molecule has 0 aliphatic heterocycles. The number of amides is 1. The van der Waals surface area contributed by atoms with Crippen molar-refractivity contribution in [2.24, 2.45) is 10.9 Å². The molecule has 8 aromatic heterocycles. The Balaban J connectivity index is 0.000000140. The zero-order chi connectivity index (χ0) is 63.9.